The van der Waals surface area contributed by atoms with Crippen LogP contribution in [0, 0.1) is 0 Å². The van der Waals surface area contributed by atoms with Crippen molar-refractivity contribution in [3.63, 3.8) is 0 Å². The number of carbonyl (C=O) groups is 1. The van der Waals surface area contributed by atoms with Gasteiger partial charge < -0.3 is 0 Å². The minimum absolute atomic E-state index is 0.219. The van der Waals surface area contributed by atoms with E-state index in [0.717, 1.165) is 10.9 Å². The predicted octanol–water partition coefficient (Wildman–Crippen LogP) is 0.397. The minimum atomic E-state index is -0.643. The lowest BCUT2D eigenvalue weighted by atomic mass is 10.1. The average molecular weight is 229 g/mol. The zero-order valence-electron chi connectivity index (χ0n) is 8.53. The van der Waals surface area contributed by atoms with Crippen LogP contribution in [0.3, 0.4) is 0 Å². The molecule has 0 aliphatic rings. The van der Waals surface area contributed by atoms with Crippen LogP contribution < -0.4 is 5.48 Å². The molecule has 1 aromatic carbocycles. The molecule has 17 heavy (non-hydrogen) atoms. The number of pyridine rings is 1. The lowest BCUT2D eigenvalue weighted by molar-refractivity contribution is 0.0707. The second kappa shape index (κ2) is 3.49. The Morgan fingerprint density at radius 1 is 1.35 bits per heavy atom. The van der Waals surface area contributed by atoms with Crippen molar-refractivity contribution >= 4 is 22.5 Å². The van der Waals surface area contributed by atoms with Gasteiger partial charge in [-0.3, -0.25) is 10.0 Å². The third kappa shape index (κ3) is 1.33. The van der Waals surface area contributed by atoms with Gasteiger partial charge in [0.25, 0.3) is 5.91 Å². The van der Waals surface area contributed by atoms with Crippen molar-refractivity contribution in [2.24, 2.45) is 0 Å². The molecule has 0 aliphatic heterocycles. The van der Waals surface area contributed by atoms with E-state index < -0.39 is 5.91 Å². The van der Waals surface area contributed by atoms with Gasteiger partial charge in [0, 0.05) is 5.39 Å². The third-order valence-electron chi connectivity index (χ3n) is 2.52. The van der Waals surface area contributed by atoms with E-state index in [-0.39, 0.29) is 5.56 Å². The predicted molar refractivity (Wildman–Crippen MR) is 57.5 cm³/mol. The van der Waals surface area contributed by atoms with E-state index in [1.54, 1.807) is 11.5 Å². The number of hydroxylamine groups is 1. The standard InChI is InChI=1S/C10H7N5O2/c16-10(12-17)7-5-6-3-1-2-4-8(6)15-9(7)11-13-14-15/h1-5,17H,(H,12,16). The van der Waals surface area contributed by atoms with Crippen molar-refractivity contribution in [2.45, 2.75) is 0 Å². The second-order valence-electron chi connectivity index (χ2n) is 3.47. The van der Waals surface area contributed by atoms with Crippen LogP contribution in [0.5, 0.6) is 0 Å². The van der Waals surface area contributed by atoms with Gasteiger partial charge in [-0.1, -0.05) is 18.2 Å². The molecule has 0 unspecified atom stereocenters. The van der Waals surface area contributed by atoms with Crippen LogP contribution in [0.25, 0.3) is 16.6 Å². The van der Waals surface area contributed by atoms with Gasteiger partial charge in [-0.25, -0.2) is 5.48 Å². The normalized spacial score (nSPS) is 10.9. The number of aromatic nitrogens is 4. The Morgan fingerprint density at radius 2 is 2.18 bits per heavy atom. The van der Waals surface area contributed by atoms with E-state index in [1.807, 2.05) is 24.3 Å². The van der Waals surface area contributed by atoms with Crippen LogP contribution in [0.4, 0.5) is 0 Å². The summed E-state index contributed by atoms with van der Waals surface area (Å²) in [5, 5.41) is 20.6. The number of rotatable bonds is 1. The quantitative estimate of drug-likeness (QED) is 0.465. The molecule has 7 heteroatoms. The highest BCUT2D eigenvalue weighted by atomic mass is 16.5. The van der Waals surface area contributed by atoms with E-state index in [4.69, 9.17) is 5.21 Å². The first-order chi connectivity index (χ1) is 8.31. The average Bonchev–Trinajstić information content (AvgIpc) is 2.86. The fourth-order valence-electron chi connectivity index (χ4n) is 1.77. The molecule has 0 fully saturated rings. The molecule has 3 aromatic rings. The Kier molecular flexibility index (Phi) is 1.99. The zero-order chi connectivity index (χ0) is 11.8. The Labute approximate surface area is 94.6 Å². The minimum Gasteiger partial charge on any atom is -0.288 e. The molecular weight excluding hydrogens is 222 g/mol. The van der Waals surface area contributed by atoms with E-state index in [2.05, 4.69) is 15.5 Å². The van der Waals surface area contributed by atoms with Crippen LogP contribution in [0.2, 0.25) is 0 Å². The number of hydrogen-bond acceptors (Lipinski definition) is 5. The van der Waals surface area contributed by atoms with Crippen LogP contribution in [0.1, 0.15) is 10.4 Å². The van der Waals surface area contributed by atoms with Crippen molar-refractivity contribution in [1.29, 1.82) is 0 Å². The van der Waals surface area contributed by atoms with Crippen LogP contribution in [-0.4, -0.2) is 31.2 Å². The van der Waals surface area contributed by atoms with Gasteiger partial charge in [0.05, 0.1) is 11.1 Å². The number of tetrazole rings is 1. The van der Waals surface area contributed by atoms with Gasteiger partial charge in [-0.15, -0.1) is 5.10 Å². The number of fused-ring (bicyclic) bond motifs is 3. The van der Waals surface area contributed by atoms with Crippen molar-refractivity contribution in [3.05, 3.63) is 35.9 Å². The summed E-state index contributed by atoms with van der Waals surface area (Å²) >= 11 is 0. The Balaban J connectivity index is 2.48. The molecule has 0 atom stereocenters. The van der Waals surface area contributed by atoms with Crippen LogP contribution in [0.15, 0.2) is 30.3 Å². The van der Waals surface area contributed by atoms with E-state index in [0.29, 0.717) is 5.65 Å². The number of benzene rings is 1. The second-order valence-corrected chi connectivity index (χ2v) is 3.47. The molecule has 0 spiro atoms. The van der Waals surface area contributed by atoms with E-state index in [9.17, 15) is 4.79 Å². The topological polar surface area (TPSA) is 92.4 Å². The van der Waals surface area contributed by atoms with Gasteiger partial charge in [-0.05, 0) is 22.6 Å². The largest absolute Gasteiger partial charge is 0.288 e. The molecule has 2 heterocycles. The van der Waals surface area contributed by atoms with Crippen LogP contribution in [-0.2, 0) is 0 Å². The first-order valence-corrected chi connectivity index (χ1v) is 4.85. The SMILES string of the molecule is O=C(NO)c1cc2ccccc2n2nnnc12. The first kappa shape index (κ1) is 9.67. The maximum atomic E-state index is 11.5. The lowest BCUT2D eigenvalue weighted by Gasteiger charge is -2.04. The summed E-state index contributed by atoms with van der Waals surface area (Å²) < 4.78 is 1.46. The summed E-state index contributed by atoms with van der Waals surface area (Å²) in [5.41, 5.74) is 2.89. The number of nitrogens with one attached hydrogen (secondary N) is 1. The fraction of sp³-hybridized carbons (Fsp3) is 0. The number of para-hydroxylation sites is 1. The summed E-state index contributed by atoms with van der Waals surface area (Å²) in [4.78, 5) is 11.5. The molecular formula is C10H7N5O2. The Bertz CT molecular complexity index is 721. The van der Waals surface area contributed by atoms with Crippen molar-refractivity contribution in [2.75, 3.05) is 0 Å². The number of amides is 1. The van der Waals surface area contributed by atoms with E-state index in [1.165, 1.54) is 4.52 Å². The Morgan fingerprint density at radius 3 is 3.00 bits per heavy atom. The highest BCUT2D eigenvalue weighted by molar-refractivity contribution is 6.02. The maximum absolute atomic E-state index is 11.5. The summed E-state index contributed by atoms with van der Waals surface area (Å²) in [6.45, 7) is 0. The van der Waals surface area contributed by atoms with Gasteiger partial charge in [0.2, 0.25) is 0 Å². The van der Waals surface area contributed by atoms with Gasteiger partial charge in [0.1, 0.15) is 0 Å². The molecule has 0 bridgehead atoms. The van der Waals surface area contributed by atoms with E-state index >= 15 is 0 Å². The molecule has 84 valence electrons. The molecule has 2 N–H and O–H groups in total. The molecule has 0 saturated carbocycles. The molecule has 0 radical (unpaired) electrons. The van der Waals surface area contributed by atoms with Gasteiger partial charge in [0.15, 0.2) is 5.65 Å². The molecule has 1 amide bonds. The molecule has 3 rings (SSSR count). The number of nitrogens with zero attached hydrogens (tertiary/aromatic N) is 4. The third-order valence-corrected chi connectivity index (χ3v) is 2.52. The van der Waals surface area contributed by atoms with Gasteiger partial charge >= 0.3 is 0 Å². The molecule has 2 aromatic heterocycles. The van der Waals surface area contributed by atoms with Crippen molar-refractivity contribution in [3.8, 4) is 0 Å². The zero-order valence-corrected chi connectivity index (χ0v) is 8.53. The fourth-order valence-corrected chi connectivity index (χ4v) is 1.77. The Hall–Kier alpha value is -2.54. The highest BCUT2D eigenvalue weighted by Crippen LogP contribution is 2.18. The molecule has 0 saturated heterocycles. The molecule has 0 aliphatic carbocycles. The monoisotopic (exact) mass is 229 g/mol. The van der Waals surface area contributed by atoms with Gasteiger partial charge in [-0.2, -0.15) is 4.52 Å². The number of hydrogen-bond donors (Lipinski definition) is 2. The van der Waals surface area contributed by atoms with Crippen molar-refractivity contribution in [1.82, 2.24) is 25.5 Å². The summed E-state index contributed by atoms with van der Waals surface area (Å²) in [7, 11) is 0. The first-order valence-electron chi connectivity index (χ1n) is 4.85. The van der Waals surface area contributed by atoms with Crippen LogP contribution >= 0.6 is 0 Å². The summed E-state index contributed by atoms with van der Waals surface area (Å²) in [5.74, 6) is -0.643. The smallest absolute Gasteiger partial charge is 0.278 e. The maximum Gasteiger partial charge on any atom is 0.278 e. The molecule has 7 nitrogen and oxygen atoms in total. The summed E-state index contributed by atoms with van der Waals surface area (Å²) in [6.07, 6.45) is 0. The summed E-state index contributed by atoms with van der Waals surface area (Å²) in [6, 6.07) is 9.02. The number of carbonyl (C=O) groups excluding carboxylic acids is 1. The van der Waals surface area contributed by atoms with Crippen molar-refractivity contribution < 1.29 is 10.0 Å². The lowest BCUT2D eigenvalue weighted by Crippen LogP contribution is -2.19. The highest BCUT2D eigenvalue weighted by Gasteiger charge is 2.14.